The first-order chi connectivity index (χ1) is 17.8. The number of benzene rings is 2. The molecule has 8 nitrogen and oxygen atoms in total. The van der Waals surface area contributed by atoms with Gasteiger partial charge in [0.2, 0.25) is 0 Å². The molecule has 0 amide bonds. The van der Waals surface area contributed by atoms with Gasteiger partial charge in [-0.15, -0.1) is 23.2 Å². The van der Waals surface area contributed by atoms with Crippen LogP contribution in [0.3, 0.4) is 0 Å². The van der Waals surface area contributed by atoms with Crippen LogP contribution in [0, 0.1) is 0 Å². The molecule has 0 saturated carbocycles. The van der Waals surface area contributed by atoms with Crippen molar-refractivity contribution >= 4 is 23.2 Å². The summed E-state index contributed by atoms with van der Waals surface area (Å²) in [7, 11) is 0. The Balaban J connectivity index is 1.49. The standard InChI is InChI=1S/C26H34Cl2O8/c27-19-21-13-23-17-25(15-21)35-11-7-31-3-4-32-8-12-36-26-16-22(20-28)14-24(18-26)34-10-6-30-2-1-29-5-9-33-23/h13-18H,1-12,19-20H2. The van der Waals surface area contributed by atoms with E-state index in [4.69, 9.17) is 61.1 Å². The van der Waals surface area contributed by atoms with Crippen molar-refractivity contribution in [3.05, 3.63) is 47.5 Å². The van der Waals surface area contributed by atoms with Crippen molar-refractivity contribution in [3.63, 3.8) is 0 Å². The van der Waals surface area contributed by atoms with Gasteiger partial charge in [0.05, 0.1) is 52.9 Å². The largest absolute Gasteiger partial charge is 0.491 e. The lowest BCUT2D eigenvalue weighted by molar-refractivity contribution is 0.0260. The van der Waals surface area contributed by atoms with E-state index >= 15 is 0 Å². The summed E-state index contributed by atoms with van der Waals surface area (Å²) in [5.41, 5.74) is 1.82. The zero-order valence-electron chi connectivity index (χ0n) is 20.4. The SMILES string of the molecule is ClCc1cc2cc(c1)OCCOCCOCCOc1cc(CCl)cc(c1)OCCOCCOCCO2. The van der Waals surface area contributed by atoms with E-state index in [9.17, 15) is 0 Å². The van der Waals surface area contributed by atoms with E-state index in [1.54, 1.807) is 0 Å². The Morgan fingerprint density at radius 2 is 0.639 bits per heavy atom. The molecule has 0 aliphatic carbocycles. The molecule has 36 heavy (non-hydrogen) atoms. The van der Waals surface area contributed by atoms with Gasteiger partial charge >= 0.3 is 0 Å². The van der Waals surface area contributed by atoms with Crippen LogP contribution in [0.5, 0.6) is 23.0 Å². The zero-order chi connectivity index (χ0) is 25.3. The van der Waals surface area contributed by atoms with E-state index < -0.39 is 0 Å². The fraction of sp³-hybridized carbons (Fsp3) is 0.538. The Morgan fingerprint density at radius 1 is 0.389 bits per heavy atom. The normalized spacial score (nSPS) is 17.6. The third-order valence-electron chi connectivity index (χ3n) is 4.92. The van der Waals surface area contributed by atoms with Crippen LogP contribution in [0.25, 0.3) is 0 Å². The lowest BCUT2D eigenvalue weighted by atomic mass is 10.2. The first kappa shape index (κ1) is 28.6. The summed E-state index contributed by atoms with van der Waals surface area (Å²) < 4.78 is 45.5. The van der Waals surface area contributed by atoms with Crippen molar-refractivity contribution in [2.24, 2.45) is 0 Å². The maximum Gasteiger partial charge on any atom is 0.123 e. The fourth-order valence-electron chi connectivity index (χ4n) is 3.27. The molecule has 0 radical (unpaired) electrons. The van der Waals surface area contributed by atoms with Gasteiger partial charge in [0.25, 0.3) is 0 Å². The number of halogens is 2. The molecule has 0 aromatic heterocycles. The Kier molecular flexibility index (Phi) is 13.9. The van der Waals surface area contributed by atoms with Crippen LogP contribution in [0.1, 0.15) is 11.1 Å². The number of alkyl halides is 2. The molecule has 10 heteroatoms. The Morgan fingerprint density at radius 3 is 0.889 bits per heavy atom. The molecule has 0 atom stereocenters. The molecule has 1 aliphatic heterocycles. The van der Waals surface area contributed by atoms with Crippen molar-refractivity contribution in [2.45, 2.75) is 11.8 Å². The molecule has 1 aliphatic rings. The van der Waals surface area contributed by atoms with Crippen LogP contribution in [0.15, 0.2) is 36.4 Å². The van der Waals surface area contributed by atoms with E-state index in [1.165, 1.54) is 0 Å². The maximum absolute atomic E-state index is 6.01. The second-order valence-electron chi connectivity index (χ2n) is 7.74. The van der Waals surface area contributed by atoms with Gasteiger partial charge in [-0.3, -0.25) is 0 Å². The maximum atomic E-state index is 6.01. The zero-order valence-corrected chi connectivity index (χ0v) is 21.9. The number of ether oxygens (including phenoxy) is 8. The van der Waals surface area contributed by atoms with Gasteiger partial charge in [0.1, 0.15) is 49.4 Å². The van der Waals surface area contributed by atoms with Crippen LogP contribution in [0.4, 0.5) is 0 Å². The molecule has 0 spiro atoms. The highest BCUT2D eigenvalue weighted by Crippen LogP contribution is 2.25. The molecule has 200 valence electrons. The molecule has 0 N–H and O–H groups in total. The lowest BCUT2D eigenvalue weighted by Crippen LogP contribution is -2.14. The van der Waals surface area contributed by atoms with Crippen molar-refractivity contribution in [2.75, 3.05) is 79.3 Å². The molecule has 0 unspecified atom stereocenters. The molecule has 4 bridgehead atoms. The molecule has 2 aromatic carbocycles. The summed E-state index contributed by atoms with van der Waals surface area (Å²) in [6.07, 6.45) is 0. The molecule has 0 fully saturated rings. The molecule has 1 heterocycles. The van der Waals surface area contributed by atoms with Gasteiger partial charge in [-0.05, 0) is 35.4 Å². The summed E-state index contributed by atoms with van der Waals surface area (Å²) in [5, 5.41) is 0. The van der Waals surface area contributed by atoms with Crippen molar-refractivity contribution in [1.82, 2.24) is 0 Å². The predicted octanol–water partition coefficient (Wildman–Crippen LogP) is 4.46. The van der Waals surface area contributed by atoms with Gasteiger partial charge in [-0.1, -0.05) is 0 Å². The second kappa shape index (κ2) is 17.5. The minimum absolute atomic E-state index is 0.362. The third kappa shape index (κ3) is 11.4. The van der Waals surface area contributed by atoms with E-state index in [-0.39, 0.29) is 0 Å². The topological polar surface area (TPSA) is 73.8 Å². The highest BCUT2D eigenvalue weighted by Gasteiger charge is 2.06. The molecule has 0 saturated heterocycles. The Labute approximate surface area is 222 Å². The molecular formula is C26H34Cl2O8. The van der Waals surface area contributed by atoms with Crippen LogP contribution in [0.2, 0.25) is 0 Å². The smallest absolute Gasteiger partial charge is 0.123 e. The third-order valence-corrected chi connectivity index (χ3v) is 5.54. The van der Waals surface area contributed by atoms with Crippen LogP contribution in [-0.4, -0.2) is 79.3 Å². The number of fused-ring (bicyclic) bond motifs is 4. The first-order valence-corrected chi connectivity index (χ1v) is 13.1. The van der Waals surface area contributed by atoms with Gasteiger partial charge in [-0.25, -0.2) is 0 Å². The number of hydrogen-bond acceptors (Lipinski definition) is 8. The molecule has 3 rings (SSSR count). The van der Waals surface area contributed by atoms with Gasteiger partial charge in [0.15, 0.2) is 0 Å². The van der Waals surface area contributed by atoms with Crippen LogP contribution < -0.4 is 18.9 Å². The Hall–Kier alpha value is -1.94. The fourth-order valence-corrected chi connectivity index (χ4v) is 3.58. The van der Waals surface area contributed by atoms with E-state index in [2.05, 4.69) is 0 Å². The minimum atomic E-state index is 0.362. The highest BCUT2D eigenvalue weighted by atomic mass is 35.5. The van der Waals surface area contributed by atoms with Crippen molar-refractivity contribution < 1.29 is 37.9 Å². The quantitative estimate of drug-likeness (QED) is 0.513. The summed E-state index contributed by atoms with van der Waals surface area (Å²) in [4.78, 5) is 0. The minimum Gasteiger partial charge on any atom is -0.491 e. The van der Waals surface area contributed by atoms with Crippen molar-refractivity contribution in [3.8, 4) is 23.0 Å². The monoisotopic (exact) mass is 544 g/mol. The second-order valence-corrected chi connectivity index (χ2v) is 8.27. The van der Waals surface area contributed by atoms with E-state index in [1.807, 2.05) is 36.4 Å². The van der Waals surface area contributed by atoms with Gasteiger partial charge in [0, 0.05) is 23.9 Å². The summed E-state index contributed by atoms with van der Waals surface area (Å²) in [6.45, 7) is 5.19. The van der Waals surface area contributed by atoms with Gasteiger partial charge < -0.3 is 37.9 Å². The predicted molar refractivity (Wildman–Crippen MR) is 137 cm³/mol. The van der Waals surface area contributed by atoms with Crippen LogP contribution in [-0.2, 0) is 30.7 Å². The summed E-state index contributed by atoms with van der Waals surface area (Å²) in [5.74, 6) is 3.45. The van der Waals surface area contributed by atoms with Crippen LogP contribution >= 0.6 is 23.2 Å². The van der Waals surface area contributed by atoms with Crippen molar-refractivity contribution in [1.29, 1.82) is 0 Å². The molecule has 2 aromatic rings. The highest BCUT2D eigenvalue weighted by molar-refractivity contribution is 6.17. The van der Waals surface area contributed by atoms with E-state index in [0.29, 0.717) is 114 Å². The number of rotatable bonds is 2. The number of hydrogen-bond donors (Lipinski definition) is 0. The average Bonchev–Trinajstić information content (AvgIpc) is 2.90. The average molecular weight is 545 g/mol. The summed E-state index contributed by atoms with van der Waals surface area (Å²) in [6, 6.07) is 11.2. The summed E-state index contributed by atoms with van der Waals surface area (Å²) >= 11 is 12.0. The lowest BCUT2D eigenvalue weighted by Gasteiger charge is -2.13. The van der Waals surface area contributed by atoms with E-state index in [0.717, 1.165) is 11.1 Å². The first-order valence-electron chi connectivity index (χ1n) is 12.0. The molecular weight excluding hydrogens is 511 g/mol. The van der Waals surface area contributed by atoms with Gasteiger partial charge in [-0.2, -0.15) is 0 Å². The Bertz CT molecular complexity index is 751.